The molecule has 0 aliphatic carbocycles. The maximum absolute atomic E-state index is 12.7. The molecule has 0 aliphatic rings. The summed E-state index contributed by atoms with van der Waals surface area (Å²) in [6.07, 6.45) is 1.32. The lowest BCUT2D eigenvalue weighted by Gasteiger charge is -1.96. The lowest BCUT2D eigenvalue weighted by molar-refractivity contribution is 0.579. The van der Waals surface area contributed by atoms with E-state index in [1.807, 2.05) is 0 Å². The first-order valence-corrected chi connectivity index (χ1v) is 3.88. The second-order valence-electron chi connectivity index (χ2n) is 1.93. The predicted molar refractivity (Wildman–Crippen MR) is 44.3 cm³/mol. The van der Waals surface area contributed by atoms with Crippen LogP contribution >= 0.6 is 15.9 Å². The van der Waals surface area contributed by atoms with Crippen LogP contribution in [0, 0.1) is 11.6 Å². The lowest BCUT2D eigenvalue weighted by atomic mass is 10.2. The first kappa shape index (κ1) is 8.40. The molecular weight excluding hydrogens is 214 g/mol. The van der Waals surface area contributed by atoms with Crippen molar-refractivity contribution in [3.05, 3.63) is 40.4 Å². The Hall–Kier alpha value is -0.700. The second-order valence-corrected chi connectivity index (χ2v) is 2.46. The summed E-state index contributed by atoms with van der Waals surface area (Å²) in [5.41, 5.74) is -0.0237. The van der Waals surface area contributed by atoms with Gasteiger partial charge in [0, 0.05) is 5.56 Å². The third-order valence-electron chi connectivity index (χ3n) is 1.23. The summed E-state index contributed by atoms with van der Waals surface area (Å²) in [4.78, 5) is 1.41. The van der Waals surface area contributed by atoms with Crippen molar-refractivity contribution >= 4 is 22.0 Å². The Kier molecular flexibility index (Phi) is 2.76. The second kappa shape index (κ2) is 3.62. The molecule has 0 spiro atoms. The summed E-state index contributed by atoms with van der Waals surface area (Å²) in [5.74, 6) is -1.11. The van der Waals surface area contributed by atoms with Crippen LogP contribution in [0.5, 0.6) is 0 Å². The van der Waals surface area contributed by atoms with E-state index in [0.29, 0.717) is 0 Å². The van der Waals surface area contributed by atoms with Gasteiger partial charge in [-0.2, -0.15) is 0 Å². The molecule has 58 valence electrons. The zero-order valence-corrected chi connectivity index (χ0v) is 7.11. The fourth-order valence-electron chi connectivity index (χ4n) is 0.733. The van der Waals surface area contributed by atoms with Gasteiger partial charge < -0.3 is 0 Å². The third kappa shape index (κ3) is 1.87. The fraction of sp³-hybridized carbons (Fsp3) is 0. The van der Waals surface area contributed by atoms with E-state index in [-0.39, 0.29) is 5.56 Å². The van der Waals surface area contributed by atoms with Crippen molar-refractivity contribution in [1.29, 1.82) is 0 Å². The highest BCUT2D eigenvalue weighted by molar-refractivity contribution is 9.11. The van der Waals surface area contributed by atoms with Crippen LogP contribution in [0.1, 0.15) is 5.56 Å². The van der Waals surface area contributed by atoms with Crippen LogP contribution in [-0.4, -0.2) is 0 Å². The van der Waals surface area contributed by atoms with Crippen molar-refractivity contribution in [2.45, 2.75) is 0 Å². The van der Waals surface area contributed by atoms with Crippen molar-refractivity contribution in [3.63, 3.8) is 0 Å². The van der Waals surface area contributed by atoms with E-state index in [1.54, 1.807) is 0 Å². The van der Waals surface area contributed by atoms with Gasteiger partial charge in [0.1, 0.15) is 11.6 Å². The van der Waals surface area contributed by atoms with Crippen LogP contribution in [0.25, 0.3) is 6.08 Å². The van der Waals surface area contributed by atoms with Crippen molar-refractivity contribution in [3.8, 4) is 0 Å². The SMILES string of the molecule is Fc1cccc(F)c1C=CBr. The van der Waals surface area contributed by atoms with Gasteiger partial charge in [-0.3, -0.25) is 0 Å². The maximum atomic E-state index is 12.7. The van der Waals surface area contributed by atoms with Crippen LogP contribution in [0.15, 0.2) is 23.2 Å². The van der Waals surface area contributed by atoms with Crippen molar-refractivity contribution in [1.82, 2.24) is 0 Å². The molecule has 0 aromatic heterocycles. The van der Waals surface area contributed by atoms with Crippen molar-refractivity contribution in [2.24, 2.45) is 0 Å². The molecule has 0 aliphatic heterocycles. The predicted octanol–water partition coefficient (Wildman–Crippen LogP) is 3.33. The molecule has 0 saturated heterocycles. The molecule has 0 bridgehead atoms. The minimum atomic E-state index is -0.555. The van der Waals surface area contributed by atoms with Gasteiger partial charge in [-0.1, -0.05) is 22.0 Å². The van der Waals surface area contributed by atoms with Gasteiger partial charge in [0.2, 0.25) is 0 Å². The van der Waals surface area contributed by atoms with E-state index in [2.05, 4.69) is 15.9 Å². The molecular formula is C8H5BrF2. The summed E-state index contributed by atoms with van der Waals surface area (Å²) in [7, 11) is 0. The van der Waals surface area contributed by atoms with Crippen molar-refractivity contribution in [2.75, 3.05) is 0 Å². The molecule has 0 atom stereocenters. The fourth-order valence-corrected chi connectivity index (χ4v) is 0.997. The van der Waals surface area contributed by atoms with E-state index >= 15 is 0 Å². The van der Waals surface area contributed by atoms with Gasteiger partial charge in [0.05, 0.1) is 0 Å². The average Bonchev–Trinajstić information content (AvgIpc) is 1.97. The summed E-state index contributed by atoms with van der Waals surface area (Å²) < 4.78 is 25.5. The molecule has 1 rings (SSSR count). The summed E-state index contributed by atoms with van der Waals surface area (Å²) in [6, 6.07) is 3.76. The Morgan fingerprint density at radius 1 is 1.18 bits per heavy atom. The normalized spacial score (nSPS) is 10.8. The molecule has 0 heterocycles. The largest absolute Gasteiger partial charge is 0.206 e. The minimum absolute atomic E-state index is 0.0237. The van der Waals surface area contributed by atoms with Gasteiger partial charge in [-0.05, 0) is 23.2 Å². The van der Waals surface area contributed by atoms with Gasteiger partial charge >= 0.3 is 0 Å². The molecule has 0 nitrogen and oxygen atoms in total. The van der Waals surface area contributed by atoms with E-state index in [0.717, 1.165) is 0 Å². The van der Waals surface area contributed by atoms with Crippen LogP contribution in [0.2, 0.25) is 0 Å². The number of hydrogen-bond donors (Lipinski definition) is 0. The number of hydrogen-bond acceptors (Lipinski definition) is 0. The van der Waals surface area contributed by atoms with Gasteiger partial charge in [-0.15, -0.1) is 0 Å². The highest BCUT2D eigenvalue weighted by atomic mass is 79.9. The summed E-state index contributed by atoms with van der Waals surface area (Å²) in [6.45, 7) is 0. The third-order valence-corrected chi connectivity index (χ3v) is 1.49. The topological polar surface area (TPSA) is 0 Å². The van der Waals surface area contributed by atoms with Crippen LogP contribution < -0.4 is 0 Å². The Morgan fingerprint density at radius 3 is 2.18 bits per heavy atom. The maximum Gasteiger partial charge on any atom is 0.133 e. The lowest BCUT2D eigenvalue weighted by Crippen LogP contribution is -1.86. The van der Waals surface area contributed by atoms with Crippen molar-refractivity contribution < 1.29 is 8.78 Å². The van der Waals surface area contributed by atoms with E-state index in [4.69, 9.17) is 0 Å². The molecule has 0 N–H and O–H groups in total. The van der Waals surface area contributed by atoms with Gasteiger partial charge in [0.15, 0.2) is 0 Å². The minimum Gasteiger partial charge on any atom is -0.206 e. The summed E-state index contributed by atoms with van der Waals surface area (Å²) in [5, 5.41) is 0. The smallest absolute Gasteiger partial charge is 0.133 e. The molecule has 1 aromatic carbocycles. The molecule has 0 radical (unpaired) electrons. The Balaban J connectivity index is 3.20. The zero-order valence-electron chi connectivity index (χ0n) is 5.52. The van der Waals surface area contributed by atoms with E-state index in [1.165, 1.54) is 29.3 Å². The first-order valence-electron chi connectivity index (χ1n) is 2.96. The van der Waals surface area contributed by atoms with Crippen LogP contribution in [0.4, 0.5) is 8.78 Å². The molecule has 1 aromatic rings. The Morgan fingerprint density at radius 2 is 1.73 bits per heavy atom. The Bertz CT molecular complexity index is 261. The quantitative estimate of drug-likeness (QED) is 0.679. The highest BCUT2D eigenvalue weighted by Gasteiger charge is 2.02. The van der Waals surface area contributed by atoms with Gasteiger partial charge in [0.25, 0.3) is 0 Å². The molecule has 11 heavy (non-hydrogen) atoms. The molecule has 0 fully saturated rings. The first-order chi connectivity index (χ1) is 5.25. The number of benzene rings is 1. The van der Waals surface area contributed by atoms with Crippen LogP contribution in [0.3, 0.4) is 0 Å². The molecule has 0 saturated carbocycles. The monoisotopic (exact) mass is 218 g/mol. The van der Waals surface area contributed by atoms with Crippen LogP contribution in [-0.2, 0) is 0 Å². The Labute approximate surface area is 71.7 Å². The number of rotatable bonds is 1. The molecule has 0 unspecified atom stereocenters. The zero-order chi connectivity index (χ0) is 8.27. The summed E-state index contributed by atoms with van der Waals surface area (Å²) >= 11 is 2.94. The van der Waals surface area contributed by atoms with Gasteiger partial charge in [-0.25, -0.2) is 8.78 Å². The van der Waals surface area contributed by atoms with E-state index < -0.39 is 11.6 Å². The molecule has 0 amide bonds. The molecule has 3 heteroatoms. The number of halogens is 3. The average molecular weight is 219 g/mol. The standard InChI is InChI=1S/C8H5BrF2/c9-5-4-6-7(10)2-1-3-8(6)11/h1-5H. The van der Waals surface area contributed by atoms with E-state index in [9.17, 15) is 8.78 Å². The highest BCUT2D eigenvalue weighted by Crippen LogP contribution is 2.13.